The topological polar surface area (TPSA) is 91.3 Å². The fourth-order valence-electron chi connectivity index (χ4n) is 1.75. The molecule has 0 aromatic rings. The fraction of sp³-hybridized carbons (Fsp3) is 0.667. The van der Waals surface area contributed by atoms with Crippen LogP contribution in [0, 0.1) is 0 Å². The maximum Gasteiger partial charge on any atom is 0.256 e. The van der Waals surface area contributed by atoms with Crippen LogP contribution in [0.4, 0.5) is 4.39 Å². The minimum absolute atomic E-state index is 0.0796. The summed E-state index contributed by atoms with van der Waals surface area (Å²) >= 11 is 5.62. The molecule has 4 atom stereocenters. The maximum absolute atomic E-state index is 14.1. The summed E-state index contributed by atoms with van der Waals surface area (Å²) in [5, 5.41) is 16.0. The van der Waals surface area contributed by atoms with E-state index in [-0.39, 0.29) is 6.67 Å². The van der Waals surface area contributed by atoms with E-state index in [1.54, 1.807) is 0 Å². The number of nitrogens with zero attached hydrogens (tertiary/aromatic N) is 2. The average Bonchev–Trinajstić information content (AvgIpc) is 2.53. The quantitative estimate of drug-likeness (QED) is 0.564. The molecule has 0 aromatic heterocycles. The van der Waals surface area contributed by atoms with Crippen LogP contribution in [-0.2, 0) is 4.74 Å². The van der Waals surface area contributed by atoms with Gasteiger partial charge in [-0.3, -0.25) is 0 Å². The van der Waals surface area contributed by atoms with E-state index in [1.807, 2.05) is 0 Å². The molecule has 6 nitrogen and oxygen atoms in total. The van der Waals surface area contributed by atoms with Crippen LogP contribution in [0.2, 0.25) is 0 Å². The Kier molecular flexibility index (Phi) is 3.26. The molecular weight excluding hydrogens is 253 g/mol. The molecular formula is C9H13ClFN3O3. The van der Waals surface area contributed by atoms with Crippen LogP contribution in [0.25, 0.3) is 0 Å². The molecule has 0 bridgehead atoms. The second-order valence-corrected chi connectivity index (χ2v) is 4.46. The fourth-order valence-corrected chi connectivity index (χ4v) is 2.07. The van der Waals surface area contributed by atoms with Crippen LogP contribution >= 0.6 is 11.6 Å². The van der Waals surface area contributed by atoms with Crippen molar-refractivity contribution in [1.82, 2.24) is 4.90 Å². The number of aliphatic hydroxyl groups is 2. The van der Waals surface area contributed by atoms with Gasteiger partial charge in [-0.05, 0) is 6.08 Å². The minimum Gasteiger partial charge on any atom is -0.394 e. The van der Waals surface area contributed by atoms with Gasteiger partial charge in [-0.25, -0.2) is 9.38 Å². The molecule has 0 amide bonds. The van der Waals surface area contributed by atoms with Gasteiger partial charge < -0.3 is 25.6 Å². The Morgan fingerprint density at radius 1 is 1.76 bits per heavy atom. The first kappa shape index (κ1) is 12.6. The first-order valence-corrected chi connectivity index (χ1v) is 5.40. The lowest BCUT2D eigenvalue weighted by Crippen LogP contribution is -2.47. The zero-order valence-corrected chi connectivity index (χ0v) is 9.59. The van der Waals surface area contributed by atoms with Gasteiger partial charge in [0, 0.05) is 6.20 Å². The van der Waals surface area contributed by atoms with Gasteiger partial charge in [0.2, 0.25) is 0 Å². The Morgan fingerprint density at radius 3 is 2.94 bits per heavy atom. The number of aliphatic imine (C=N–C) groups is 1. The van der Waals surface area contributed by atoms with Gasteiger partial charge in [0.1, 0.15) is 24.7 Å². The summed E-state index contributed by atoms with van der Waals surface area (Å²) in [7, 11) is 0. The molecule has 17 heavy (non-hydrogen) atoms. The molecule has 2 aliphatic heterocycles. The smallest absolute Gasteiger partial charge is 0.256 e. The van der Waals surface area contributed by atoms with Gasteiger partial charge in [0.25, 0.3) is 5.13 Å². The van der Waals surface area contributed by atoms with Crippen molar-refractivity contribution < 1.29 is 19.3 Å². The summed E-state index contributed by atoms with van der Waals surface area (Å²) in [4.78, 5) is 5.24. The summed E-state index contributed by atoms with van der Waals surface area (Å²) in [6, 6.07) is 0. The molecule has 0 saturated carbocycles. The van der Waals surface area contributed by atoms with E-state index in [1.165, 1.54) is 17.2 Å². The summed E-state index contributed by atoms with van der Waals surface area (Å²) in [5.74, 6) is 0.317. The SMILES string of the molecule is NC1=NCN([C@@H]2O[C@H](CO)[C@@H](O)[C@]2(F)Cl)C=C1. The van der Waals surface area contributed by atoms with Crippen molar-refractivity contribution in [3.05, 3.63) is 12.3 Å². The van der Waals surface area contributed by atoms with Gasteiger partial charge >= 0.3 is 0 Å². The molecule has 0 unspecified atom stereocenters. The average molecular weight is 266 g/mol. The molecule has 0 radical (unpaired) electrons. The van der Waals surface area contributed by atoms with Crippen LogP contribution in [0.5, 0.6) is 0 Å². The summed E-state index contributed by atoms with van der Waals surface area (Å²) in [6.07, 6.45) is -0.923. The van der Waals surface area contributed by atoms with Gasteiger partial charge in [-0.1, -0.05) is 11.6 Å². The predicted octanol–water partition coefficient (Wildman–Crippen LogP) is -0.887. The van der Waals surface area contributed by atoms with Crippen molar-refractivity contribution >= 4 is 17.4 Å². The highest BCUT2D eigenvalue weighted by Gasteiger charge is 2.58. The summed E-state index contributed by atoms with van der Waals surface area (Å²) < 4.78 is 19.3. The van der Waals surface area contributed by atoms with E-state index in [0.717, 1.165) is 0 Å². The lowest BCUT2D eigenvalue weighted by molar-refractivity contribution is -0.0748. The Balaban J connectivity index is 2.14. The Morgan fingerprint density at radius 2 is 2.47 bits per heavy atom. The Hall–Kier alpha value is -0.890. The van der Waals surface area contributed by atoms with Gasteiger partial charge in [-0.2, -0.15) is 0 Å². The number of alkyl halides is 2. The van der Waals surface area contributed by atoms with E-state index in [2.05, 4.69) is 4.99 Å². The van der Waals surface area contributed by atoms with E-state index < -0.39 is 30.2 Å². The molecule has 0 spiro atoms. The highest BCUT2D eigenvalue weighted by atomic mass is 35.5. The van der Waals surface area contributed by atoms with Crippen molar-refractivity contribution in [2.75, 3.05) is 13.3 Å². The molecule has 2 aliphatic rings. The molecule has 4 N–H and O–H groups in total. The summed E-state index contributed by atoms with van der Waals surface area (Å²) in [6.45, 7) is -0.435. The van der Waals surface area contributed by atoms with Gasteiger partial charge in [0.15, 0.2) is 6.23 Å². The van der Waals surface area contributed by atoms with Crippen molar-refractivity contribution in [3.8, 4) is 0 Å². The van der Waals surface area contributed by atoms with Crippen molar-refractivity contribution in [3.63, 3.8) is 0 Å². The molecule has 1 fully saturated rings. The monoisotopic (exact) mass is 265 g/mol. The summed E-state index contributed by atoms with van der Waals surface area (Å²) in [5.41, 5.74) is 5.42. The third-order valence-electron chi connectivity index (χ3n) is 2.71. The molecule has 2 heterocycles. The highest BCUT2D eigenvalue weighted by Crippen LogP contribution is 2.40. The van der Waals surface area contributed by atoms with Crippen LogP contribution in [-0.4, -0.2) is 57.8 Å². The van der Waals surface area contributed by atoms with Gasteiger partial charge in [0.05, 0.1) is 6.61 Å². The number of aliphatic hydroxyl groups excluding tert-OH is 2. The van der Waals surface area contributed by atoms with Gasteiger partial charge in [-0.15, -0.1) is 0 Å². The van der Waals surface area contributed by atoms with Crippen molar-refractivity contribution in [1.29, 1.82) is 0 Å². The first-order chi connectivity index (χ1) is 7.96. The standard InChI is InChI=1S/C9H13ClFN3O3/c10-9(11)7(16)5(3-15)17-8(9)14-2-1-6(12)13-4-14/h1-2,5,7-8,15-16H,3-4H2,(H2,12,13)/t5-,7-,8-,9-/m1/s1. The molecule has 0 aliphatic carbocycles. The number of hydrogen-bond donors (Lipinski definition) is 3. The molecule has 1 saturated heterocycles. The van der Waals surface area contributed by atoms with Crippen molar-refractivity contribution in [2.45, 2.75) is 23.6 Å². The van der Waals surface area contributed by atoms with Crippen LogP contribution in [0.15, 0.2) is 17.3 Å². The Bertz CT molecular complexity index is 363. The number of ether oxygens (including phenoxy) is 1. The number of amidine groups is 1. The van der Waals surface area contributed by atoms with Crippen molar-refractivity contribution in [2.24, 2.45) is 10.7 Å². The van der Waals surface area contributed by atoms with E-state index in [4.69, 9.17) is 27.2 Å². The zero-order chi connectivity index (χ0) is 12.6. The van der Waals surface area contributed by atoms with E-state index in [0.29, 0.717) is 5.84 Å². The highest BCUT2D eigenvalue weighted by molar-refractivity contribution is 6.23. The minimum atomic E-state index is -2.50. The number of hydrogen-bond acceptors (Lipinski definition) is 6. The molecule has 8 heteroatoms. The zero-order valence-electron chi connectivity index (χ0n) is 8.83. The lowest BCUT2D eigenvalue weighted by atomic mass is 10.1. The number of halogens is 2. The molecule has 0 aromatic carbocycles. The van der Waals surface area contributed by atoms with E-state index >= 15 is 0 Å². The van der Waals surface area contributed by atoms with Crippen LogP contribution in [0.1, 0.15) is 0 Å². The van der Waals surface area contributed by atoms with Crippen LogP contribution < -0.4 is 5.73 Å². The predicted molar refractivity (Wildman–Crippen MR) is 58.9 cm³/mol. The maximum atomic E-state index is 14.1. The molecule has 2 rings (SSSR count). The normalized spacial score (nSPS) is 41.8. The number of rotatable bonds is 2. The Labute approximate surface area is 102 Å². The molecule has 96 valence electrons. The largest absolute Gasteiger partial charge is 0.394 e. The second-order valence-electron chi connectivity index (χ2n) is 3.88. The third-order valence-corrected chi connectivity index (χ3v) is 3.12. The number of nitrogens with two attached hydrogens (primary N) is 1. The first-order valence-electron chi connectivity index (χ1n) is 5.03. The van der Waals surface area contributed by atoms with E-state index in [9.17, 15) is 9.50 Å². The van der Waals surface area contributed by atoms with Crippen LogP contribution in [0.3, 0.4) is 0 Å². The third kappa shape index (κ3) is 2.11. The second kappa shape index (κ2) is 4.41. The lowest BCUT2D eigenvalue weighted by Gasteiger charge is -2.31.